The van der Waals surface area contributed by atoms with Crippen molar-refractivity contribution < 1.29 is 4.92 Å². The van der Waals surface area contributed by atoms with Gasteiger partial charge in [0, 0.05) is 33.5 Å². The molecule has 0 atom stereocenters. The summed E-state index contributed by atoms with van der Waals surface area (Å²) in [4.78, 5) is 17.0. The van der Waals surface area contributed by atoms with Gasteiger partial charge in [-0.1, -0.05) is 6.07 Å². The molecule has 0 unspecified atom stereocenters. The minimum absolute atomic E-state index is 0.0757. The predicted molar refractivity (Wildman–Crippen MR) is 78.0 cm³/mol. The average molecular weight is 275 g/mol. The van der Waals surface area contributed by atoms with E-state index < -0.39 is 0 Å². The Morgan fingerprint density at radius 3 is 2.80 bits per heavy atom. The molecule has 0 aliphatic rings. The normalized spacial score (nSPS) is 10.3. The van der Waals surface area contributed by atoms with Crippen molar-refractivity contribution in [3.63, 3.8) is 0 Å². The highest BCUT2D eigenvalue weighted by Gasteiger charge is 2.22. The lowest BCUT2D eigenvalue weighted by Crippen LogP contribution is -2.20. The van der Waals surface area contributed by atoms with Crippen LogP contribution in [-0.2, 0) is 13.6 Å². The number of nitrogens with zero attached hydrogens (tertiary/aromatic N) is 4. The number of hydrogen-bond acceptors (Lipinski definition) is 5. The molecule has 0 radical (unpaired) electrons. The number of nitrogens with one attached hydrogen (secondary N) is 1. The number of aryl methyl sites for hydroxylation is 1. The molecule has 20 heavy (non-hydrogen) atoms. The molecule has 0 saturated heterocycles. The Labute approximate surface area is 117 Å². The third-order valence-corrected chi connectivity index (χ3v) is 3.18. The molecule has 1 heterocycles. The van der Waals surface area contributed by atoms with Crippen LogP contribution in [0.4, 0.5) is 17.1 Å². The molecular formula is C13H17N5O2. The van der Waals surface area contributed by atoms with Crippen LogP contribution in [0.1, 0.15) is 5.82 Å². The number of aromatic nitrogens is 2. The van der Waals surface area contributed by atoms with Crippen molar-refractivity contribution in [2.45, 2.75) is 6.54 Å². The van der Waals surface area contributed by atoms with Gasteiger partial charge in [0.2, 0.25) is 0 Å². The zero-order valence-electron chi connectivity index (χ0n) is 11.7. The fourth-order valence-corrected chi connectivity index (χ4v) is 2.08. The van der Waals surface area contributed by atoms with Crippen LogP contribution in [0.2, 0.25) is 0 Å². The monoisotopic (exact) mass is 275 g/mol. The van der Waals surface area contributed by atoms with Crippen molar-refractivity contribution in [1.29, 1.82) is 0 Å². The van der Waals surface area contributed by atoms with Gasteiger partial charge in [0.05, 0.1) is 11.5 Å². The van der Waals surface area contributed by atoms with E-state index in [2.05, 4.69) is 10.3 Å². The predicted octanol–water partition coefficient (Wildman–Crippen LogP) is 2.01. The third-order valence-electron chi connectivity index (χ3n) is 3.18. The minimum Gasteiger partial charge on any atom is -0.382 e. The molecule has 1 N–H and O–H groups in total. The summed E-state index contributed by atoms with van der Waals surface area (Å²) in [7, 11) is 5.38. The topological polar surface area (TPSA) is 76.2 Å². The second kappa shape index (κ2) is 5.60. The molecule has 2 aromatic rings. The Balaban J connectivity index is 2.37. The van der Waals surface area contributed by atoms with E-state index >= 15 is 0 Å². The van der Waals surface area contributed by atoms with E-state index in [1.807, 2.05) is 29.8 Å². The number of imidazole rings is 1. The lowest BCUT2D eigenvalue weighted by atomic mass is 10.2. The Hall–Kier alpha value is -2.57. The van der Waals surface area contributed by atoms with Crippen LogP contribution in [0.3, 0.4) is 0 Å². The van der Waals surface area contributed by atoms with Crippen LogP contribution in [0, 0.1) is 10.1 Å². The van der Waals surface area contributed by atoms with Crippen LogP contribution < -0.4 is 10.2 Å². The van der Waals surface area contributed by atoms with Gasteiger partial charge in [0.15, 0.2) is 0 Å². The molecule has 106 valence electrons. The summed E-state index contributed by atoms with van der Waals surface area (Å²) < 4.78 is 1.89. The van der Waals surface area contributed by atoms with Crippen LogP contribution in [-0.4, -0.2) is 28.6 Å². The van der Waals surface area contributed by atoms with Crippen molar-refractivity contribution in [3.05, 3.63) is 46.5 Å². The van der Waals surface area contributed by atoms with E-state index in [0.29, 0.717) is 17.9 Å². The largest absolute Gasteiger partial charge is 0.382 e. The van der Waals surface area contributed by atoms with Crippen LogP contribution in [0.25, 0.3) is 0 Å². The fourth-order valence-electron chi connectivity index (χ4n) is 2.08. The lowest BCUT2D eigenvalue weighted by molar-refractivity contribution is -0.383. The maximum atomic E-state index is 11.3. The summed E-state index contributed by atoms with van der Waals surface area (Å²) in [5, 5.41) is 14.1. The van der Waals surface area contributed by atoms with Gasteiger partial charge in [-0.3, -0.25) is 10.1 Å². The van der Waals surface area contributed by atoms with Gasteiger partial charge < -0.3 is 14.8 Å². The lowest BCUT2D eigenvalue weighted by Gasteiger charge is -2.19. The zero-order chi connectivity index (χ0) is 14.7. The first kappa shape index (κ1) is 13.9. The van der Waals surface area contributed by atoms with Crippen molar-refractivity contribution in [2.75, 3.05) is 24.3 Å². The number of nitro groups is 1. The number of anilines is 2. The molecule has 0 spiro atoms. The summed E-state index contributed by atoms with van der Waals surface area (Å²) in [5.74, 6) is 0.844. The van der Waals surface area contributed by atoms with Gasteiger partial charge in [-0.25, -0.2) is 4.98 Å². The van der Waals surface area contributed by atoms with Crippen molar-refractivity contribution >= 4 is 17.1 Å². The summed E-state index contributed by atoms with van der Waals surface area (Å²) >= 11 is 0. The van der Waals surface area contributed by atoms with E-state index in [0.717, 1.165) is 5.82 Å². The summed E-state index contributed by atoms with van der Waals surface area (Å²) in [6.45, 7) is 0.498. The highest BCUT2D eigenvalue weighted by molar-refractivity contribution is 5.76. The van der Waals surface area contributed by atoms with Crippen LogP contribution in [0.5, 0.6) is 0 Å². The van der Waals surface area contributed by atoms with Gasteiger partial charge in [-0.2, -0.15) is 0 Å². The van der Waals surface area contributed by atoms with Gasteiger partial charge in [0.25, 0.3) is 0 Å². The molecule has 2 rings (SSSR count). The standard InChI is InChI=1S/C13H17N5O2/c1-14-10-5-4-6-11(13(10)18(19)20)17(3)9-12-15-7-8-16(12)2/h4-8,14H,9H2,1-3H3. The molecule has 1 aromatic heterocycles. The van der Waals surface area contributed by atoms with Crippen molar-refractivity contribution in [3.8, 4) is 0 Å². The van der Waals surface area contributed by atoms with Crippen molar-refractivity contribution in [2.24, 2.45) is 7.05 Å². The SMILES string of the molecule is CNc1cccc(N(C)Cc2nccn2C)c1[N+](=O)[O-]. The molecule has 0 bridgehead atoms. The number of hydrogen-bond donors (Lipinski definition) is 1. The average Bonchev–Trinajstić information content (AvgIpc) is 2.83. The molecular weight excluding hydrogens is 258 g/mol. The number of nitro benzene ring substituents is 1. The van der Waals surface area contributed by atoms with E-state index in [4.69, 9.17) is 0 Å². The van der Waals surface area contributed by atoms with E-state index in [1.165, 1.54) is 0 Å². The van der Waals surface area contributed by atoms with Crippen LogP contribution in [0.15, 0.2) is 30.6 Å². The molecule has 7 heteroatoms. The van der Waals surface area contributed by atoms with Gasteiger partial charge >= 0.3 is 5.69 Å². The number of rotatable bonds is 5. The first-order chi connectivity index (χ1) is 9.54. The number of para-hydroxylation sites is 1. The Morgan fingerprint density at radius 2 is 2.25 bits per heavy atom. The summed E-state index contributed by atoms with van der Waals surface area (Å²) in [6.07, 6.45) is 3.56. The fraction of sp³-hybridized carbons (Fsp3) is 0.308. The van der Waals surface area contributed by atoms with E-state index in [-0.39, 0.29) is 10.6 Å². The molecule has 7 nitrogen and oxygen atoms in total. The Kier molecular flexibility index (Phi) is 3.88. The number of benzene rings is 1. The van der Waals surface area contributed by atoms with Gasteiger partial charge in [-0.05, 0) is 12.1 Å². The summed E-state index contributed by atoms with van der Waals surface area (Å²) in [6, 6.07) is 5.22. The van der Waals surface area contributed by atoms with E-state index in [9.17, 15) is 10.1 Å². The highest BCUT2D eigenvalue weighted by Crippen LogP contribution is 2.35. The quantitative estimate of drug-likeness (QED) is 0.667. The molecule has 0 aliphatic heterocycles. The molecule has 1 aromatic carbocycles. The Morgan fingerprint density at radius 1 is 1.50 bits per heavy atom. The maximum absolute atomic E-state index is 11.3. The first-order valence-electron chi connectivity index (χ1n) is 6.17. The smallest absolute Gasteiger partial charge is 0.315 e. The second-order valence-corrected chi connectivity index (χ2v) is 4.49. The van der Waals surface area contributed by atoms with Gasteiger partial charge in [0.1, 0.15) is 17.2 Å². The Bertz CT molecular complexity index is 623. The van der Waals surface area contributed by atoms with Crippen LogP contribution >= 0.6 is 0 Å². The second-order valence-electron chi connectivity index (χ2n) is 4.49. The molecule has 0 saturated carbocycles. The first-order valence-corrected chi connectivity index (χ1v) is 6.17. The minimum atomic E-state index is -0.365. The third kappa shape index (κ3) is 2.56. The van der Waals surface area contributed by atoms with Gasteiger partial charge in [-0.15, -0.1) is 0 Å². The highest BCUT2D eigenvalue weighted by atomic mass is 16.6. The van der Waals surface area contributed by atoms with E-state index in [1.54, 1.807) is 31.4 Å². The zero-order valence-corrected chi connectivity index (χ0v) is 11.7. The molecule has 0 aliphatic carbocycles. The maximum Gasteiger partial charge on any atom is 0.315 e. The van der Waals surface area contributed by atoms with Crippen molar-refractivity contribution in [1.82, 2.24) is 9.55 Å². The molecule has 0 fully saturated rings. The summed E-state index contributed by atoms with van der Waals surface area (Å²) in [5.41, 5.74) is 1.13. The molecule has 0 amide bonds.